The third-order valence-electron chi connectivity index (χ3n) is 6.71. The van der Waals surface area contributed by atoms with Gasteiger partial charge >= 0.3 is 0 Å². The molecule has 2 aliphatic rings. The summed E-state index contributed by atoms with van der Waals surface area (Å²) < 4.78 is 20.1. The molecule has 0 spiro atoms. The Bertz CT molecular complexity index is 1200. The van der Waals surface area contributed by atoms with Crippen LogP contribution in [0.5, 0.6) is 0 Å². The van der Waals surface area contributed by atoms with Crippen LogP contribution in [0.3, 0.4) is 0 Å². The van der Waals surface area contributed by atoms with Crippen LogP contribution >= 0.6 is 11.8 Å². The predicted molar refractivity (Wildman–Crippen MR) is 140 cm³/mol. The van der Waals surface area contributed by atoms with Gasteiger partial charge < -0.3 is 19.1 Å². The van der Waals surface area contributed by atoms with E-state index in [9.17, 15) is 9.18 Å². The fourth-order valence-corrected chi connectivity index (χ4v) is 5.37. The summed E-state index contributed by atoms with van der Waals surface area (Å²) in [5, 5.41) is 0.691. The zero-order valence-corrected chi connectivity index (χ0v) is 21.6. The lowest BCUT2D eigenvalue weighted by Gasteiger charge is -2.37. The molecular formula is C27H32FN5O2S. The molecule has 0 saturated carbocycles. The molecule has 0 atom stereocenters. The summed E-state index contributed by atoms with van der Waals surface area (Å²) in [6, 6.07) is 12.6. The molecule has 0 aliphatic carbocycles. The standard InChI is InChI=1S/C27H32FN5O2S/c1-19(2)22-17-25(32-15-13-31(14-16-32)23-8-4-3-7-21(23)28)30-27(29-22)36-18-20-9-10-24(35-20)26(34)33-11-5-6-12-33/h3-4,7-10,17,19H,5-6,11-16,18H2,1-2H3. The fourth-order valence-electron chi connectivity index (χ4n) is 4.62. The van der Waals surface area contributed by atoms with E-state index in [1.807, 2.05) is 23.1 Å². The number of anilines is 2. The van der Waals surface area contributed by atoms with Crippen molar-refractivity contribution in [3.63, 3.8) is 0 Å². The third-order valence-corrected chi connectivity index (χ3v) is 7.58. The number of hydrogen-bond donors (Lipinski definition) is 0. The van der Waals surface area contributed by atoms with E-state index in [1.165, 1.54) is 17.8 Å². The Morgan fingerprint density at radius 2 is 1.72 bits per heavy atom. The van der Waals surface area contributed by atoms with Gasteiger partial charge in [0.05, 0.1) is 11.4 Å². The minimum Gasteiger partial charge on any atom is -0.455 e. The number of furan rings is 1. The van der Waals surface area contributed by atoms with E-state index in [1.54, 1.807) is 12.1 Å². The summed E-state index contributed by atoms with van der Waals surface area (Å²) in [7, 11) is 0. The maximum Gasteiger partial charge on any atom is 0.289 e. The molecule has 9 heteroatoms. The van der Waals surface area contributed by atoms with Gasteiger partial charge in [0.1, 0.15) is 17.4 Å². The molecule has 1 aromatic carbocycles. The van der Waals surface area contributed by atoms with Crippen molar-refractivity contribution in [1.29, 1.82) is 0 Å². The van der Waals surface area contributed by atoms with Crippen molar-refractivity contribution in [1.82, 2.24) is 14.9 Å². The van der Waals surface area contributed by atoms with Crippen LogP contribution in [0.15, 0.2) is 52.0 Å². The number of hydrogen-bond acceptors (Lipinski definition) is 7. The minimum atomic E-state index is -0.183. The number of nitrogens with zero attached hydrogens (tertiary/aromatic N) is 5. The number of thioether (sulfide) groups is 1. The van der Waals surface area contributed by atoms with Crippen molar-refractivity contribution in [3.8, 4) is 0 Å². The highest BCUT2D eigenvalue weighted by Gasteiger charge is 2.24. The van der Waals surface area contributed by atoms with E-state index < -0.39 is 0 Å². The molecule has 0 bridgehead atoms. The molecular weight excluding hydrogens is 477 g/mol. The highest BCUT2D eigenvalue weighted by Crippen LogP contribution is 2.28. The van der Waals surface area contributed by atoms with Crippen LogP contribution < -0.4 is 9.80 Å². The number of carbonyl (C=O) groups is 1. The highest BCUT2D eigenvalue weighted by atomic mass is 32.2. The number of para-hydroxylation sites is 1. The molecule has 36 heavy (non-hydrogen) atoms. The summed E-state index contributed by atoms with van der Waals surface area (Å²) in [4.78, 5) is 28.4. The van der Waals surface area contributed by atoms with Crippen molar-refractivity contribution in [3.05, 3.63) is 65.5 Å². The lowest BCUT2D eigenvalue weighted by molar-refractivity contribution is 0.0760. The quantitative estimate of drug-likeness (QED) is 0.321. The number of rotatable bonds is 7. The van der Waals surface area contributed by atoms with Crippen LogP contribution in [0, 0.1) is 5.82 Å². The second kappa shape index (κ2) is 10.9. The Labute approximate surface area is 215 Å². The minimum absolute atomic E-state index is 0.0291. The summed E-state index contributed by atoms with van der Waals surface area (Å²) in [5.41, 5.74) is 1.64. The van der Waals surface area contributed by atoms with Gasteiger partial charge in [0.15, 0.2) is 10.9 Å². The maximum absolute atomic E-state index is 14.2. The molecule has 4 heterocycles. The molecule has 7 nitrogen and oxygen atoms in total. The van der Waals surface area contributed by atoms with Crippen molar-refractivity contribution >= 4 is 29.2 Å². The average Bonchev–Trinajstić information content (AvgIpc) is 3.60. The summed E-state index contributed by atoms with van der Waals surface area (Å²) in [6.07, 6.45) is 2.11. The molecule has 2 fully saturated rings. The van der Waals surface area contributed by atoms with E-state index in [0.717, 1.165) is 69.4 Å². The van der Waals surface area contributed by atoms with E-state index in [2.05, 4.69) is 29.7 Å². The summed E-state index contributed by atoms with van der Waals surface area (Å²) >= 11 is 1.51. The number of aromatic nitrogens is 2. The SMILES string of the molecule is CC(C)c1cc(N2CCN(c3ccccc3F)CC2)nc(SCc2ccc(C(=O)N3CCCC3)o2)n1. The number of halogens is 1. The molecule has 0 N–H and O–H groups in total. The van der Waals surface area contributed by atoms with Crippen LogP contribution in [0.1, 0.15) is 54.6 Å². The van der Waals surface area contributed by atoms with Gasteiger partial charge in [-0.25, -0.2) is 14.4 Å². The van der Waals surface area contributed by atoms with E-state index >= 15 is 0 Å². The van der Waals surface area contributed by atoms with Crippen molar-refractivity contribution in [2.75, 3.05) is 49.1 Å². The number of amides is 1. The van der Waals surface area contributed by atoms with Crippen LogP contribution in [-0.4, -0.2) is 60.0 Å². The second-order valence-electron chi connectivity index (χ2n) is 9.57. The van der Waals surface area contributed by atoms with Crippen molar-refractivity contribution < 1.29 is 13.6 Å². The number of piperazine rings is 1. The first-order valence-electron chi connectivity index (χ1n) is 12.6. The Balaban J connectivity index is 1.25. The number of likely N-dealkylation sites (tertiary alicyclic amines) is 1. The first-order chi connectivity index (χ1) is 17.5. The molecule has 2 aromatic heterocycles. The summed E-state index contributed by atoms with van der Waals surface area (Å²) in [5.74, 6) is 2.64. The van der Waals surface area contributed by atoms with Gasteiger partial charge in [-0.3, -0.25) is 4.79 Å². The maximum atomic E-state index is 14.2. The Morgan fingerprint density at radius 1 is 1.00 bits per heavy atom. The molecule has 2 saturated heterocycles. The topological polar surface area (TPSA) is 65.7 Å². The first kappa shape index (κ1) is 24.6. The van der Waals surface area contributed by atoms with E-state index in [-0.39, 0.29) is 17.6 Å². The average molecular weight is 510 g/mol. The van der Waals surface area contributed by atoms with E-state index in [4.69, 9.17) is 14.4 Å². The first-order valence-corrected chi connectivity index (χ1v) is 13.6. The lowest BCUT2D eigenvalue weighted by Crippen LogP contribution is -2.47. The van der Waals surface area contributed by atoms with E-state index in [0.29, 0.717) is 22.4 Å². The molecule has 5 rings (SSSR count). The van der Waals surface area contributed by atoms with Gasteiger partial charge in [0.2, 0.25) is 0 Å². The summed E-state index contributed by atoms with van der Waals surface area (Å²) in [6.45, 7) is 8.82. The van der Waals surface area contributed by atoms with Crippen LogP contribution in [0.25, 0.3) is 0 Å². The smallest absolute Gasteiger partial charge is 0.289 e. The van der Waals surface area contributed by atoms with Crippen LogP contribution in [0.2, 0.25) is 0 Å². The second-order valence-corrected chi connectivity index (χ2v) is 10.5. The zero-order chi connectivity index (χ0) is 25.1. The monoisotopic (exact) mass is 509 g/mol. The normalized spacial score (nSPS) is 16.3. The zero-order valence-electron chi connectivity index (χ0n) is 20.8. The molecule has 2 aliphatic heterocycles. The largest absolute Gasteiger partial charge is 0.455 e. The van der Waals surface area contributed by atoms with Gasteiger partial charge in [-0.2, -0.15) is 0 Å². The van der Waals surface area contributed by atoms with Gasteiger partial charge in [-0.1, -0.05) is 37.7 Å². The van der Waals surface area contributed by atoms with Gasteiger partial charge in [0, 0.05) is 51.0 Å². The van der Waals surface area contributed by atoms with Crippen molar-refractivity contribution in [2.24, 2.45) is 0 Å². The van der Waals surface area contributed by atoms with Gasteiger partial charge in [-0.05, 0) is 43.0 Å². The van der Waals surface area contributed by atoms with Gasteiger partial charge in [0.25, 0.3) is 5.91 Å². The lowest BCUT2D eigenvalue weighted by atomic mass is 10.1. The molecule has 3 aromatic rings. The fraction of sp³-hybridized carbons (Fsp3) is 0.444. The predicted octanol–water partition coefficient (Wildman–Crippen LogP) is 5.19. The van der Waals surface area contributed by atoms with Gasteiger partial charge in [-0.15, -0.1) is 0 Å². The molecule has 0 radical (unpaired) electrons. The number of benzene rings is 1. The number of carbonyl (C=O) groups excluding carboxylic acids is 1. The highest BCUT2D eigenvalue weighted by molar-refractivity contribution is 7.98. The van der Waals surface area contributed by atoms with Crippen molar-refractivity contribution in [2.45, 2.75) is 43.5 Å². The molecule has 1 amide bonds. The third kappa shape index (κ3) is 5.51. The Kier molecular flexibility index (Phi) is 7.46. The van der Waals surface area contributed by atoms with Crippen LogP contribution in [0.4, 0.5) is 15.9 Å². The Hall–Kier alpha value is -3.07. The Morgan fingerprint density at radius 3 is 2.44 bits per heavy atom. The molecule has 190 valence electrons. The molecule has 0 unspecified atom stereocenters. The van der Waals surface area contributed by atoms with Crippen LogP contribution in [-0.2, 0) is 5.75 Å².